The molecule has 1 heterocycles. The second-order valence-electron chi connectivity index (χ2n) is 8.25. The van der Waals surface area contributed by atoms with Gasteiger partial charge in [-0.05, 0) is 25.7 Å². The summed E-state index contributed by atoms with van der Waals surface area (Å²) in [5.74, 6) is 0. The molecule has 0 unspecified atom stereocenters. The Morgan fingerprint density at radius 3 is 1.59 bits per heavy atom. The maximum atomic E-state index is 12.9. The van der Waals surface area contributed by atoms with Crippen molar-refractivity contribution in [1.82, 2.24) is 9.13 Å². The summed E-state index contributed by atoms with van der Waals surface area (Å²) in [5.41, 5.74) is -1.60. The topological polar surface area (TPSA) is 30.1 Å². The summed E-state index contributed by atoms with van der Waals surface area (Å²) in [5, 5.41) is 9.40. The summed E-state index contributed by atoms with van der Waals surface area (Å²) in [6.45, 7) is 3.76. The van der Waals surface area contributed by atoms with E-state index in [4.69, 9.17) is 0 Å². The molecule has 1 aliphatic carbocycles. The van der Waals surface area contributed by atoms with E-state index >= 15 is 0 Å². The fraction of sp³-hybridized carbons (Fsp3) is 0.458. The summed E-state index contributed by atoms with van der Waals surface area (Å²) >= 11 is 2.36. The van der Waals surface area contributed by atoms with E-state index in [0.29, 0.717) is 10.3 Å². The number of hydrogen-bond acceptors (Lipinski definition) is 1. The first-order chi connectivity index (χ1) is 15.7. The zero-order valence-electron chi connectivity index (χ0n) is 19.1. The van der Waals surface area contributed by atoms with E-state index in [1.165, 1.54) is 36.4 Å². The van der Waals surface area contributed by atoms with E-state index in [1.54, 1.807) is 13.8 Å². The molecular weight excluding hydrogens is 549 g/mol. The number of halogens is 6. The molecule has 1 aromatic heterocycles. The third-order valence-corrected chi connectivity index (χ3v) is 6.22. The van der Waals surface area contributed by atoms with Crippen molar-refractivity contribution in [2.24, 2.45) is 0 Å². The standard InChI is InChI=1S/C16H16F6N2O.C8H12.Rh/c1-10-6-11(2)13(12(3)7-10)24-5-4-23(9-24)8-14(25,15(17,18)19)16(20,21)22;1-2-4-6-8-7-5-3-1;/h4-7,25H,8H2,1-3H3;1-2,7-8H,3-6H2;/b;2-1-,8-7-;. The first kappa shape index (κ1) is 28.3. The van der Waals surface area contributed by atoms with Crippen LogP contribution in [0.15, 0.2) is 48.8 Å². The Bertz CT molecular complexity index is 1030. The molecule has 191 valence electrons. The van der Waals surface area contributed by atoms with Crippen LogP contribution in [0.5, 0.6) is 0 Å². The molecule has 10 heteroatoms. The van der Waals surface area contributed by atoms with Gasteiger partial charge in [-0.3, -0.25) is 0 Å². The summed E-state index contributed by atoms with van der Waals surface area (Å²) < 4.78 is 79.7. The second-order valence-corrected chi connectivity index (χ2v) is 8.98. The molecule has 0 amide bonds. The van der Waals surface area contributed by atoms with E-state index in [1.807, 2.05) is 19.1 Å². The van der Waals surface area contributed by atoms with Crippen molar-refractivity contribution >= 4 is 0 Å². The predicted octanol–water partition coefficient (Wildman–Crippen LogP) is 6.81. The molecular formula is C24H28F6N2ORh. The van der Waals surface area contributed by atoms with Crippen LogP contribution in [-0.4, -0.2) is 32.2 Å². The summed E-state index contributed by atoms with van der Waals surface area (Å²) in [4.78, 5) is 0. The molecule has 3 rings (SSSR count). The zero-order valence-corrected chi connectivity index (χ0v) is 20.7. The molecule has 0 saturated carbocycles. The van der Waals surface area contributed by atoms with Crippen LogP contribution in [0.25, 0.3) is 5.69 Å². The molecule has 1 N–H and O–H groups in total. The van der Waals surface area contributed by atoms with Gasteiger partial charge in [-0.2, -0.15) is 0 Å². The van der Waals surface area contributed by atoms with Gasteiger partial charge in [0.2, 0.25) is 0 Å². The van der Waals surface area contributed by atoms with E-state index in [9.17, 15) is 31.4 Å². The molecule has 0 radical (unpaired) electrons. The third kappa shape index (κ3) is 6.60. The molecule has 0 fully saturated rings. The van der Waals surface area contributed by atoms with Crippen molar-refractivity contribution in [2.45, 2.75) is 71.0 Å². The first-order valence-electron chi connectivity index (χ1n) is 10.7. The van der Waals surface area contributed by atoms with Gasteiger partial charge >= 0.3 is 155 Å². The van der Waals surface area contributed by atoms with Crippen molar-refractivity contribution in [2.75, 3.05) is 0 Å². The van der Waals surface area contributed by atoms with E-state index < -0.39 is 24.5 Å². The molecule has 0 atom stereocenters. The van der Waals surface area contributed by atoms with Crippen LogP contribution in [0.4, 0.5) is 26.3 Å². The van der Waals surface area contributed by atoms with Crippen LogP contribution in [0.1, 0.15) is 42.4 Å². The van der Waals surface area contributed by atoms with Gasteiger partial charge in [0.1, 0.15) is 0 Å². The molecule has 2 aromatic rings. The third-order valence-electron chi connectivity index (χ3n) is 5.35. The van der Waals surface area contributed by atoms with Gasteiger partial charge in [0.25, 0.3) is 0 Å². The van der Waals surface area contributed by atoms with Crippen molar-refractivity contribution in [3.63, 3.8) is 0 Å². The molecule has 3 nitrogen and oxygen atoms in total. The van der Waals surface area contributed by atoms with Crippen LogP contribution in [-0.2, 0) is 24.4 Å². The van der Waals surface area contributed by atoms with Crippen molar-refractivity contribution in [3.05, 3.63) is 69.5 Å². The number of aryl methyl sites for hydroxylation is 3. The SMILES string of the molecule is C1=C\CC/C=C\CC/1.Cc1cc(C)c(-n2ccn(CC(O)(C(F)(F)F)C(F)(F)F)[c]2=[Rh])c(C)c1. The van der Waals surface area contributed by atoms with Gasteiger partial charge in [0, 0.05) is 0 Å². The Balaban J connectivity index is 0.000000430. The molecule has 1 aromatic carbocycles. The Kier molecular flexibility index (Phi) is 9.33. The molecule has 1 aliphatic rings. The fourth-order valence-corrected chi connectivity index (χ4v) is 4.23. The quantitative estimate of drug-likeness (QED) is 0.243. The van der Waals surface area contributed by atoms with Crippen LogP contribution >= 0.6 is 0 Å². The number of imidazole rings is 1. The number of hydrogen-bond donors (Lipinski definition) is 1. The van der Waals surface area contributed by atoms with Crippen molar-refractivity contribution in [3.8, 4) is 5.69 Å². The first-order valence-corrected chi connectivity index (χ1v) is 11.5. The van der Waals surface area contributed by atoms with E-state index in [0.717, 1.165) is 22.9 Å². The predicted molar refractivity (Wildman–Crippen MR) is 115 cm³/mol. The minimum atomic E-state index is -5.87. The van der Waals surface area contributed by atoms with Gasteiger partial charge in [0.15, 0.2) is 0 Å². The average Bonchev–Trinajstić information content (AvgIpc) is 2.99. The molecule has 34 heavy (non-hydrogen) atoms. The number of aromatic nitrogens is 2. The van der Waals surface area contributed by atoms with Crippen LogP contribution < -0.4 is 0 Å². The summed E-state index contributed by atoms with van der Waals surface area (Å²) in [7, 11) is 0. The number of alkyl halides is 6. The Morgan fingerprint density at radius 2 is 1.21 bits per heavy atom. The number of nitrogens with zero attached hydrogens (tertiary/aromatic N) is 2. The second kappa shape index (κ2) is 11.2. The van der Waals surface area contributed by atoms with Crippen LogP contribution in [0.2, 0.25) is 0 Å². The molecule has 0 bridgehead atoms. The van der Waals surface area contributed by atoms with Crippen molar-refractivity contribution in [1.29, 1.82) is 0 Å². The van der Waals surface area contributed by atoms with Gasteiger partial charge in [-0.1, -0.05) is 24.3 Å². The Morgan fingerprint density at radius 1 is 0.794 bits per heavy atom. The Hall–Kier alpha value is -1.93. The summed E-state index contributed by atoms with van der Waals surface area (Å²) in [6, 6.07) is 3.71. The average molecular weight is 577 g/mol. The molecule has 0 aliphatic heterocycles. The van der Waals surface area contributed by atoms with Crippen molar-refractivity contribution < 1.29 is 49.3 Å². The summed E-state index contributed by atoms with van der Waals surface area (Å²) in [6.07, 6.45) is 4.68. The zero-order chi connectivity index (χ0) is 25.7. The normalized spacial score (nSPS) is 16.8. The van der Waals surface area contributed by atoms with Crippen LogP contribution in [0.3, 0.4) is 0 Å². The van der Waals surface area contributed by atoms with Gasteiger partial charge in [-0.15, -0.1) is 0 Å². The number of aliphatic hydroxyl groups is 1. The molecule has 0 saturated heterocycles. The number of benzene rings is 1. The minimum absolute atomic E-state index is 0.0215. The Labute approximate surface area is 204 Å². The van der Waals surface area contributed by atoms with Gasteiger partial charge < -0.3 is 0 Å². The van der Waals surface area contributed by atoms with Gasteiger partial charge in [-0.25, -0.2) is 0 Å². The maximum absolute atomic E-state index is 12.9. The number of rotatable bonds is 3. The van der Waals surface area contributed by atoms with Gasteiger partial charge in [0.05, 0.1) is 0 Å². The fourth-order valence-electron chi connectivity index (χ4n) is 3.67. The number of allylic oxidation sites excluding steroid dienone is 4. The van der Waals surface area contributed by atoms with E-state index in [2.05, 4.69) is 42.2 Å². The monoisotopic (exact) mass is 577 g/mol. The molecule has 0 spiro atoms. The van der Waals surface area contributed by atoms with Crippen LogP contribution in [0, 0.1) is 24.8 Å². The van der Waals surface area contributed by atoms with E-state index in [-0.39, 0.29) is 4.01 Å².